The quantitative estimate of drug-likeness (QED) is 0.513. The van der Waals surface area contributed by atoms with Gasteiger partial charge >= 0.3 is 0 Å². The lowest BCUT2D eigenvalue weighted by Gasteiger charge is -2.34. The summed E-state index contributed by atoms with van der Waals surface area (Å²) in [7, 11) is 0. The van der Waals surface area contributed by atoms with E-state index in [0.717, 1.165) is 12.0 Å². The average molecular weight is 182 g/mol. The normalized spacial score (nSPS) is 12.7. The van der Waals surface area contributed by atoms with Crippen molar-refractivity contribution in [2.75, 3.05) is 0 Å². The van der Waals surface area contributed by atoms with Gasteiger partial charge < -0.3 is 5.11 Å². The Balaban J connectivity index is 4.61. The van der Waals surface area contributed by atoms with Gasteiger partial charge in [-0.3, -0.25) is 0 Å². The highest BCUT2D eigenvalue weighted by Crippen LogP contribution is 2.40. The van der Waals surface area contributed by atoms with Crippen molar-refractivity contribution in [1.29, 1.82) is 0 Å². The Bertz CT molecular complexity index is 197. The first kappa shape index (κ1) is 12.3. The van der Waals surface area contributed by atoms with Crippen LogP contribution in [-0.2, 0) is 0 Å². The SMILES string of the molecule is C=C(C)C(C)(C)CC(C)(C)C(=C)O. The Hall–Kier alpha value is -0.720. The minimum atomic E-state index is -0.234. The molecule has 0 aliphatic heterocycles. The summed E-state index contributed by atoms with van der Waals surface area (Å²) in [6.07, 6.45) is 0.866. The molecule has 0 aromatic heterocycles. The van der Waals surface area contributed by atoms with E-state index in [9.17, 15) is 5.11 Å². The van der Waals surface area contributed by atoms with Crippen LogP contribution in [0.5, 0.6) is 0 Å². The number of allylic oxidation sites excluding steroid dienone is 2. The fourth-order valence-corrected chi connectivity index (χ4v) is 1.36. The van der Waals surface area contributed by atoms with Crippen molar-refractivity contribution in [2.45, 2.75) is 41.0 Å². The first-order chi connectivity index (χ1) is 5.59. The van der Waals surface area contributed by atoms with Crippen LogP contribution < -0.4 is 0 Å². The van der Waals surface area contributed by atoms with Gasteiger partial charge in [0.05, 0.1) is 5.76 Å². The number of rotatable bonds is 4. The number of aliphatic hydroxyl groups is 1. The average Bonchev–Trinajstić information content (AvgIpc) is 1.83. The molecule has 0 amide bonds. The molecule has 0 bridgehead atoms. The van der Waals surface area contributed by atoms with Gasteiger partial charge in [-0.05, 0) is 18.8 Å². The van der Waals surface area contributed by atoms with Crippen LogP contribution in [0.4, 0.5) is 0 Å². The van der Waals surface area contributed by atoms with Crippen molar-refractivity contribution < 1.29 is 5.11 Å². The van der Waals surface area contributed by atoms with Gasteiger partial charge in [0.2, 0.25) is 0 Å². The Morgan fingerprint density at radius 1 is 1.08 bits per heavy atom. The van der Waals surface area contributed by atoms with Gasteiger partial charge in [0.15, 0.2) is 0 Å². The molecule has 0 aliphatic rings. The van der Waals surface area contributed by atoms with Gasteiger partial charge in [-0.25, -0.2) is 0 Å². The molecule has 0 spiro atoms. The molecule has 1 N–H and O–H groups in total. The zero-order chi connectivity index (χ0) is 10.9. The maximum absolute atomic E-state index is 9.40. The molecule has 1 nitrogen and oxygen atoms in total. The fraction of sp³-hybridized carbons (Fsp3) is 0.667. The smallest absolute Gasteiger partial charge is 0.0907 e. The van der Waals surface area contributed by atoms with E-state index in [1.165, 1.54) is 0 Å². The second-order valence-corrected chi connectivity index (χ2v) is 5.17. The van der Waals surface area contributed by atoms with E-state index in [2.05, 4.69) is 27.0 Å². The van der Waals surface area contributed by atoms with Crippen molar-refractivity contribution in [1.82, 2.24) is 0 Å². The minimum absolute atomic E-state index is 0.0508. The first-order valence-electron chi connectivity index (χ1n) is 4.64. The van der Waals surface area contributed by atoms with Crippen LogP contribution in [0.2, 0.25) is 0 Å². The largest absolute Gasteiger partial charge is 0.512 e. The van der Waals surface area contributed by atoms with Gasteiger partial charge in [0.1, 0.15) is 0 Å². The highest BCUT2D eigenvalue weighted by atomic mass is 16.3. The number of hydrogen-bond acceptors (Lipinski definition) is 1. The van der Waals surface area contributed by atoms with E-state index in [1.54, 1.807) is 0 Å². The first-order valence-corrected chi connectivity index (χ1v) is 4.64. The number of aliphatic hydroxyl groups excluding tert-OH is 1. The Morgan fingerprint density at radius 3 is 1.69 bits per heavy atom. The van der Waals surface area contributed by atoms with E-state index in [1.807, 2.05) is 20.8 Å². The van der Waals surface area contributed by atoms with Crippen LogP contribution in [0.3, 0.4) is 0 Å². The Labute approximate surface area is 82.2 Å². The summed E-state index contributed by atoms with van der Waals surface area (Å²) in [5, 5.41) is 9.40. The lowest BCUT2D eigenvalue weighted by Crippen LogP contribution is -2.25. The molecule has 0 heterocycles. The zero-order valence-electron chi connectivity index (χ0n) is 9.57. The Kier molecular flexibility index (Phi) is 3.37. The molecule has 0 aromatic carbocycles. The summed E-state index contributed by atoms with van der Waals surface area (Å²) in [6.45, 7) is 17.9. The summed E-state index contributed by atoms with van der Waals surface area (Å²) in [4.78, 5) is 0. The van der Waals surface area contributed by atoms with Gasteiger partial charge in [-0.2, -0.15) is 0 Å². The zero-order valence-corrected chi connectivity index (χ0v) is 9.57. The third-order valence-corrected chi connectivity index (χ3v) is 2.82. The van der Waals surface area contributed by atoms with E-state index in [-0.39, 0.29) is 16.6 Å². The fourth-order valence-electron chi connectivity index (χ4n) is 1.36. The molecule has 0 aromatic rings. The van der Waals surface area contributed by atoms with Crippen LogP contribution in [0, 0.1) is 10.8 Å². The van der Waals surface area contributed by atoms with E-state index in [4.69, 9.17) is 0 Å². The molecular formula is C12H22O. The Morgan fingerprint density at radius 2 is 1.46 bits per heavy atom. The van der Waals surface area contributed by atoms with Gasteiger partial charge in [0.25, 0.3) is 0 Å². The summed E-state index contributed by atoms with van der Waals surface area (Å²) in [5.41, 5.74) is 0.958. The third-order valence-electron chi connectivity index (χ3n) is 2.82. The van der Waals surface area contributed by atoms with Gasteiger partial charge in [0, 0.05) is 5.41 Å². The molecule has 76 valence electrons. The van der Waals surface area contributed by atoms with Gasteiger partial charge in [-0.15, -0.1) is 0 Å². The summed E-state index contributed by atoms with van der Waals surface area (Å²) < 4.78 is 0. The lowest BCUT2D eigenvalue weighted by atomic mass is 9.71. The molecule has 0 fully saturated rings. The molecule has 0 aliphatic carbocycles. The second-order valence-electron chi connectivity index (χ2n) is 5.17. The van der Waals surface area contributed by atoms with E-state index < -0.39 is 0 Å². The monoisotopic (exact) mass is 182 g/mol. The molecule has 0 radical (unpaired) electrons. The standard InChI is InChI=1S/C12H22O/c1-9(2)11(4,5)8-12(6,7)10(3)13/h13H,1,3,8H2,2,4-7H3. The van der Waals surface area contributed by atoms with E-state index >= 15 is 0 Å². The van der Waals surface area contributed by atoms with E-state index in [0.29, 0.717) is 0 Å². The lowest BCUT2D eigenvalue weighted by molar-refractivity contribution is 0.190. The predicted molar refractivity (Wildman–Crippen MR) is 58.8 cm³/mol. The maximum Gasteiger partial charge on any atom is 0.0907 e. The molecule has 1 heteroatoms. The highest BCUT2D eigenvalue weighted by molar-refractivity contribution is 5.08. The molecule has 0 atom stereocenters. The molecule has 13 heavy (non-hydrogen) atoms. The summed E-state index contributed by atoms with van der Waals surface area (Å²) in [5.74, 6) is 0.252. The predicted octanol–water partition coefficient (Wildman–Crippen LogP) is 4.08. The van der Waals surface area contributed by atoms with Crippen molar-refractivity contribution in [3.63, 3.8) is 0 Å². The number of hydrogen-bond donors (Lipinski definition) is 1. The maximum atomic E-state index is 9.40. The molecule has 0 rings (SSSR count). The molecular weight excluding hydrogens is 160 g/mol. The van der Waals surface area contributed by atoms with Crippen molar-refractivity contribution in [2.24, 2.45) is 10.8 Å². The van der Waals surface area contributed by atoms with Crippen LogP contribution in [0.15, 0.2) is 24.5 Å². The van der Waals surface area contributed by atoms with Crippen LogP contribution in [-0.4, -0.2) is 5.11 Å². The van der Waals surface area contributed by atoms with Crippen LogP contribution >= 0.6 is 0 Å². The second kappa shape index (κ2) is 3.57. The topological polar surface area (TPSA) is 20.2 Å². The molecule has 0 unspecified atom stereocenters. The third kappa shape index (κ3) is 3.25. The highest BCUT2D eigenvalue weighted by Gasteiger charge is 2.31. The van der Waals surface area contributed by atoms with Crippen molar-refractivity contribution in [3.8, 4) is 0 Å². The van der Waals surface area contributed by atoms with Crippen molar-refractivity contribution >= 4 is 0 Å². The van der Waals surface area contributed by atoms with Gasteiger partial charge in [-0.1, -0.05) is 46.4 Å². The molecule has 0 saturated heterocycles. The van der Waals surface area contributed by atoms with Crippen molar-refractivity contribution in [3.05, 3.63) is 24.5 Å². The summed E-state index contributed by atoms with van der Waals surface area (Å²) >= 11 is 0. The van der Waals surface area contributed by atoms with Crippen LogP contribution in [0.25, 0.3) is 0 Å². The summed E-state index contributed by atoms with van der Waals surface area (Å²) in [6, 6.07) is 0. The van der Waals surface area contributed by atoms with Crippen LogP contribution in [0.1, 0.15) is 41.0 Å². The minimum Gasteiger partial charge on any atom is -0.512 e. The molecule has 0 saturated carbocycles.